The summed E-state index contributed by atoms with van der Waals surface area (Å²) in [7, 11) is 1.81. The SMILES string of the molecule is CCCNCc1cnc(C2(OC)CCC(C)CC2)[nH]1. The standard InChI is InChI=1S/C15H27N3O/c1-4-9-16-10-13-11-17-14(18-13)15(19-3)7-5-12(2)6-8-15/h11-12,16H,4-10H2,1-3H3,(H,17,18). The van der Waals surface area contributed by atoms with Gasteiger partial charge in [-0.3, -0.25) is 0 Å². The molecule has 0 bridgehead atoms. The van der Waals surface area contributed by atoms with Crippen LogP contribution in [0.15, 0.2) is 6.20 Å². The summed E-state index contributed by atoms with van der Waals surface area (Å²) in [5.41, 5.74) is 0.966. The molecule has 0 unspecified atom stereocenters. The van der Waals surface area contributed by atoms with Crippen LogP contribution in [0.1, 0.15) is 57.5 Å². The Kier molecular flexibility index (Phi) is 4.99. The van der Waals surface area contributed by atoms with Gasteiger partial charge in [-0.25, -0.2) is 4.98 Å². The third kappa shape index (κ3) is 3.37. The summed E-state index contributed by atoms with van der Waals surface area (Å²) in [6, 6.07) is 0. The van der Waals surface area contributed by atoms with Gasteiger partial charge in [0.25, 0.3) is 0 Å². The summed E-state index contributed by atoms with van der Waals surface area (Å²) < 4.78 is 5.84. The molecule has 1 aliphatic rings. The van der Waals surface area contributed by atoms with Crippen LogP contribution < -0.4 is 5.32 Å². The molecule has 0 radical (unpaired) electrons. The van der Waals surface area contributed by atoms with Crippen LogP contribution in [0.3, 0.4) is 0 Å². The Balaban J connectivity index is 2.02. The molecule has 0 amide bonds. The number of methoxy groups -OCH3 is 1. The van der Waals surface area contributed by atoms with Crippen LogP contribution >= 0.6 is 0 Å². The van der Waals surface area contributed by atoms with E-state index in [1.165, 1.54) is 12.8 Å². The quantitative estimate of drug-likeness (QED) is 0.777. The normalized spacial score (nSPS) is 27.6. The van der Waals surface area contributed by atoms with Crippen molar-refractivity contribution in [2.75, 3.05) is 13.7 Å². The van der Waals surface area contributed by atoms with Gasteiger partial charge in [0.2, 0.25) is 0 Å². The molecule has 0 spiro atoms. The lowest BCUT2D eigenvalue weighted by Crippen LogP contribution is -2.34. The maximum atomic E-state index is 5.84. The maximum absolute atomic E-state index is 5.84. The van der Waals surface area contributed by atoms with Crippen LogP contribution in [0.4, 0.5) is 0 Å². The zero-order valence-electron chi connectivity index (χ0n) is 12.5. The minimum atomic E-state index is -0.185. The minimum absolute atomic E-state index is 0.185. The molecule has 1 saturated carbocycles. The number of rotatable bonds is 6. The highest BCUT2D eigenvalue weighted by atomic mass is 16.5. The second-order valence-electron chi connectivity index (χ2n) is 5.81. The van der Waals surface area contributed by atoms with E-state index in [9.17, 15) is 0 Å². The van der Waals surface area contributed by atoms with Gasteiger partial charge in [0.1, 0.15) is 11.4 Å². The Morgan fingerprint density at radius 1 is 1.47 bits per heavy atom. The molecule has 0 aliphatic heterocycles. The van der Waals surface area contributed by atoms with E-state index in [2.05, 4.69) is 29.1 Å². The van der Waals surface area contributed by atoms with E-state index >= 15 is 0 Å². The van der Waals surface area contributed by atoms with Gasteiger partial charge in [-0.05, 0) is 44.6 Å². The summed E-state index contributed by atoms with van der Waals surface area (Å²) in [5.74, 6) is 1.82. The molecular weight excluding hydrogens is 238 g/mol. The summed E-state index contributed by atoms with van der Waals surface area (Å²) in [6.45, 7) is 6.40. The van der Waals surface area contributed by atoms with E-state index < -0.39 is 0 Å². The fourth-order valence-corrected chi connectivity index (χ4v) is 2.85. The smallest absolute Gasteiger partial charge is 0.138 e. The van der Waals surface area contributed by atoms with E-state index in [4.69, 9.17) is 4.74 Å². The van der Waals surface area contributed by atoms with Gasteiger partial charge in [-0.1, -0.05) is 13.8 Å². The van der Waals surface area contributed by atoms with Crippen LogP contribution in [0.5, 0.6) is 0 Å². The average molecular weight is 265 g/mol. The van der Waals surface area contributed by atoms with Gasteiger partial charge >= 0.3 is 0 Å². The predicted octanol–water partition coefficient (Wildman–Crippen LogP) is 2.96. The van der Waals surface area contributed by atoms with E-state index in [1.807, 2.05) is 13.3 Å². The van der Waals surface area contributed by atoms with Crippen molar-refractivity contribution < 1.29 is 4.74 Å². The van der Waals surface area contributed by atoms with Crippen molar-refractivity contribution in [1.82, 2.24) is 15.3 Å². The molecule has 1 aliphatic carbocycles. The molecule has 4 heteroatoms. The molecule has 0 aromatic carbocycles. The fourth-order valence-electron chi connectivity index (χ4n) is 2.85. The van der Waals surface area contributed by atoms with Crippen LogP contribution in [0.2, 0.25) is 0 Å². The Hall–Kier alpha value is -0.870. The largest absolute Gasteiger partial charge is 0.370 e. The zero-order chi connectivity index (χ0) is 13.7. The second-order valence-corrected chi connectivity index (χ2v) is 5.81. The van der Waals surface area contributed by atoms with Gasteiger partial charge in [0.15, 0.2) is 0 Å². The van der Waals surface area contributed by atoms with Crippen molar-refractivity contribution in [2.24, 2.45) is 5.92 Å². The van der Waals surface area contributed by atoms with Gasteiger partial charge in [-0.2, -0.15) is 0 Å². The number of hydrogen-bond donors (Lipinski definition) is 2. The first kappa shape index (κ1) is 14.5. The number of aromatic nitrogens is 2. The fraction of sp³-hybridized carbons (Fsp3) is 0.800. The molecule has 19 heavy (non-hydrogen) atoms. The molecule has 2 N–H and O–H groups in total. The molecule has 1 aromatic heterocycles. The number of H-pyrrole nitrogens is 1. The molecule has 108 valence electrons. The van der Waals surface area contributed by atoms with Gasteiger partial charge < -0.3 is 15.0 Å². The van der Waals surface area contributed by atoms with E-state index in [1.54, 1.807) is 0 Å². The van der Waals surface area contributed by atoms with Crippen molar-refractivity contribution >= 4 is 0 Å². The summed E-state index contributed by atoms with van der Waals surface area (Å²) >= 11 is 0. The van der Waals surface area contributed by atoms with Crippen molar-refractivity contribution in [3.05, 3.63) is 17.7 Å². The molecule has 1 aromatic rings. The third-order valence-electron chi connectivity index (χ3n) is 4.27. The lowest BCUT2D eigenvalue weighted by Gasteiger charge is -2.36. The maximum Gasteiger partial charge on any atom is 0.138 e. The van der Waals surface area contributed by atoms with E-state index in [-0.39, 0.29) is 5.60 Å². The Morgan fingerprint density at radius 3 is 2.84 bits per heavy atom. The summed E-state index contributed by atoms with van der Waals surface area (Å²) in [5, 5.41) is 3.39. The second kappa shape index (κ2) is 6.53. The number of nitrogens with zero attached hydrogens (tertiary/aromatic N) is 1. The number of imidazole rings is 1. The molecular formula is C15H27N3O. The van der Waals surface area contributed by atoms with Gasteiger partial charge in [0.05, 0.1) is 0 Å². The van der Waals surface area contributed by atoms with Crippen LogP contribution in [0, 0.1) is 5.92 Å². The zero-order valence-corrected chi connectivity index (χ0v) is 12.5. The van der Waals surface area contributed by atoms with E-state index in [0.717, 1.165) is 49.8 Å². The minimum Gasteiger partial charge on any atom is -0.370 e. The average Bonchev–Trinajstić information content (AvgIpc) is 2.90. The lowest BCUT2D eigenvalue weighted by atomic mass is 9.79. The molecule has 2 rings (SSSR count). The molecule has 1 fully saturated rings. The van der Waals surface area contributed by atoms with Crippen molar-refractivity contribution in [3.8, 4) is 0 Å². The van der Waals surface area contributed by atoms with Crippen molar-refractivity contribution in [2.45, 2.75) is 58.1 Å². The third-order valence-corrected chi connectivity index (χ3v) is 4.27. The lowest BCUT2D eigenvalue weighted by molar-refractivity contribution is -0.0592. The molecule has 0 saturated heterocycles. The van der Waals surface area contributed by atoms with Gasteiger partial charge in [0, 0.05) is 25.5 Å². The number of hydrogen-bond acceptors (Lipinski definition) is 3. The molecule has 1 heterocycles. The first-order valence-electron chi connectivity index (χ1n) is 7.50. The van der Waals surface area contributed by atoms with Gasteiger partial charge in [-0.15, -0.1) is 0 Å². The summed E-state index contributed by atoms with van der Waals surface area (Å²) in [6.07, 6.45) is 7.67. The number of aromatic amines is 1. The predicted molar refractivity (Wildman–Crippen MR) is 76.9 cm³/mol. The molecule has 0 atom stereocenters. The Labute approximate surface area is 116 Å². The summed E-state index contributed by atoms with van der Waals surface area (Å²) in [4.78, 5) is 8.02. The highest BCUT2D eigenvalue weighted by Gasteiger charge is 2.38. The van der Waals surface area contributed by atoms with Crippen LogP contribution in [-0.2, 0) is 16.9 Å². The Morgan fingerprint density at radius 2 is 2.21 bits per heavy atom. The highest BCUT2D eigenvalue weighted by molar-refractivity contribution is 5.10. The van der Waals surface area contributed by atoms with E-state index in [0.29, 0.717) is 0 Å². The van der Waals surface area contributed by atoms with Crippen molar-refractivity contribution in [1.29, 1.82) is 0 Å². The number of ether oxygens (including phenoxy) is 1. The molecule has 4 nitrogen and oxygen atoms in total. The first-order chi connectivity index (χ1) is 9.20. The van der Waals surface area contributed by atoms with Crippen LogP contribution in [-0.4, -0.2) is 23.6 Å². The Bertz CT molecular complexity index is 380. The highest BCUT2D eigenvalue weighted by Crippen LogP contribution is 2.40. The van der Waals surface area contributed by atoms with Crippen LogP contribution in [0.25, 0.3) is 0 Å². The first-order valence-corrected chi connectivity index (χ1v) is 7.50. The number of nitrogens with one attached hydrogen (secondary N) is 2. The van der Waals surface area contributed by atoms with Crippen molar-refractivity contribution in [3.63, 3.8) is 0 Å². The topological polar surface area (TPSA) is 49.9 Å². The monoisotopic (exact) mass is 265 g/mol.